The maximum atomic E-state index is 12.6. The van der Waals surface area contributed by atoms with Crippen LogP contribution in [-0.2, 0) is 11.3 Å². The quantitative estimate of drug-likeness (QED) is 0.152. The van der Waals surface area contributed by atoms with Crippen molar-refractivity contribution < 1.29 is 32.6 Å². The molecule has 0 heterocycles. The van der Waals surface area contributed by atoms with E-state index in [0.29, 0.717) is 23.8 Å². The molecular weight excluding hydrogens is 575 g/mol. The molecule has 0 bridgehead atoms. The number of alkyl halides is 3. The number of nitrogens with one attached hydrogen (secondary N) is 2. The number of guanidine groups is 1. The zero-order valence-corrected chi connectivity index (χ0v) is 23.9. The normalized spacial score (nSPS) is 13.5. The molecule has 0 fully saturated rings. The third-order valence-electron chi connectivity index (χ3n) is 6.86. The topological polar surface area (TPSA) is 129 Å². The highest BCUT2D eigenvalue weighted by molar-refractivity contribution is 6.05. The van der Waals surface area contributed by atoms with Crippen LogP contribution in [0, 0.1) is 0 Å². The highest BCUT2D eigenvalue weighted by Crippen LogP contribution is 2.29. The second-order valence-corrected chi connectivity index (χ2v) is 10.1. The fourth-order valence-electron chi connectivity index (χ4n) is 4.72. The number of benzene rings is 3. The van der Waals surface area contributed by atoms with Crippen LogP contribution in [0.1, 0.15) is 53.6 Å². The van der Waals surface area contributed by atoms with Crippen molar-refractivity contribution in [2.24, 2.45) is 10.7 Å². The van der Waals surface area contributed by atoms with Crippen LogP contribution in [0.5, 0.6) is 5.75 Å². The van der Waals surface area contributed by atoms with Gasteiger partial charge >= 0.3 is 12.3 Å². The Labute approximate surface area is 253 Å². The summed E-state index contributed by atoms with van der Waals surface area (Å²) in [5, 5.41) is 14.5. The molecule has 1 aliphatic rings. The summed E-state index contributed by atoms with van der Waals surface area (Å²) in [4.78, 5) is 29.5. The average molecular weight is 610 g/mol. The maximum absolute atomic E-state index is 12.6. The molecule has 0 saturated heterocycles. The number of hydrogen-bond acceptors (Lipinski definition) is 5. The van der Waals surface area contributed by atoms with Crippen molar-refractivity contribution in [3.8, 4) is 5.75 Å². The first-order valence-electron chi connectivity index (χ1n) is 14.1. The molecule has 0 radical (unpaired) electrons. The van der Waals surface area contributed by atoms with Gasteiger partial charge in [0.1, 0.15) is 5.75 Å². The van der Waals surface area contributed by atoms with Crippen LogP contribution in [0.3, 0.4) is 0 Å². The van der Waals surface area contributed by atoms with Crippen LogP contribution in [0.2, 0.25) is 0 Å². The van der Waals surface area contributed by atoms with Crippen molar-refractivity contribution in [2.75, 3.05) is 23.4 Å². The van der Waals surface area contributed by atoms with Gasteiger partial charge in [-0.1, -0.05) is 30.3 Å². The predicted molar refractivity (Wildman–Crippen MR) is 163 cm³/mol. The number of carboxylic acids is 1. The molecule has 0 unspecified atom stereocenters. The van der Waals surface area contributed by atoms with Crippen LogP contribution in [0.15, 0.2) is 83.9 Å². The Hall–Kier alpha value is -4.84. The Morgan fingerprint density at radius 3 is 2.27 bits per heavy atom. The highest BCUT2D eigenvalue weighted by atomic mass is 19.4. The van der Waals surface area contributed by atoms with Gasteiger partial charge in [0.25, 0.3) is 5.91 Å². The molecule has 44 heavy (non-hydrogen) atoms. The second-order valence-electron chi connectivity index (χ2n) is 10.1. The van der Waals surface area contributed by atoms with Crippen LogP contribution < -0.4 is 26.0 Å². The number of halogens is 3. The van der Waals surface area contributed by atoms with Crippen molar-refractivity contribution in [1.82, 2.24) is 5.32 Å². The van der Waals surface area contributed by atoms with Crippen LogP contribution in [0.25, 0.3) is 5.57 Å². The number of anilines is 2. The Morgan fingerprint density at radius 2 is 1.68 bits per heavy atom. The largest absolute Gasteiger partial charge is 0.573 e. The van der Waals surface area contributed by atoms with E-state index in [1.165, 1.54) is 36.3 Å². The molecular formula is C32H34F3N5O4. The van der Waals surface area contributed by atoms with E-state index < -0.39 is 12.3 Å². The number of nitrogens with zero attached hydrogens (tertiary/aromatic N) is 2. The van der Waals surface area contributed by atoms with E-state index in [1.54, 1.807) is 24.3 Å². The van der Waals surface area contributed by atoms with Gasteiger partial charge in [-0.25, -0.2) is 4.99 Å². The molecule has 0 spiro atoms. The van der Waals surface area contributed by atoms with Crippen molar-refractivity contribution in [3.05, 3.63) is 95.6 Å². The van der Waals surface area contributed by atoms with Gasteiger partial charge in [-0.15, -0.1) is 13.2 Å². The number of allylic oxidation sites excluding steroid dienone is 2. The molecule has 9 nitrogen and oxygen atoms in total. The lowest BCUT2D eigenvalue weighted by molar-refractivity contribution is -0.274. The fraction of sp³-hybridized carbons (Fsp3) is 0.281. The molecule has 12 heteroatoms. The summed E-state index contributed by atoms with van der Waals surface area (Å²) >= 11 is 0. The molecule has 0 aliphatic heterocycles. The maximum Gasteiger partial charge on any atom is 0.573 e. The Kier molecular flexibility index (Phi) is 11.0. The van der Waals surface area contributed by atoms with Crippen LogP contribution >= 0.6 is 0 Å². The van der Waals surface area contributed by atoms with Crippen molar-refractivity contribution in [3.63, 3.8) is 0 Å². The molecule has 3 aromatic carbocycles. The van der Waals surface area contributed by atoms with Crippen LogP contribution in [0.4, 0.5) is 24.5 Å². The van der Waals surface area contributed by atoms with E-state index in [0.717, 1.165) is 36.1 Å². The van der Waals surface area contributed by atoms with E-state index in [1.807, 2.05) is 29.2 Å². The third-order valence-corrected chi connectivity index (χ3v) is 6.86. The number of carbonyl (C=O) groups excluding carboxylic acids is 1. The van der Waals surface area contributed by atoms with Gasteiger partial charge in [-0.2, -0.15) is 0 Å². The minimum Gasteiger partial charge on any atom is -0.481 e. The number of hydrogen-bond donors (Lipinski definition) is 4. The lowest BCUT2D eigenvalue weighted by Gasteiger charge is -2.28. The van der Waals surface area contributed by atoms with E-state index in [-0.39, 0.29) is 31.3 Å². The summed E-state index contributed by atoms with van der Waals surface area (Å²) in [5.74, 6) is -1.38. The summed E-state index contributed by atoms with van der Waals surface area (Å²) in [7, 11) is 0. The molecule has 0 saturated carbocycles. The zero-order valence-electron chi connectivity index (χ0n) is 23.9. The first kappa shape index (κ1) is 32.1. The number of amides is 1. The van der Waals surface area contributed by atoms with Crippen molar-refractivity contribution in [2.45, 2.75) is 45.0 Å². The summed E-state index contributed by atoms with van der Waals surface area (Å²) < 4.78 is 41.9. The smallest absolute Gasteiger partial charge is 0.481 e. The molecule has 0 atom stereocenters. The molecule has 232 valence electrons. The van der Waals surface area contributed by atoms with Gasteiger partial charge in [-0.05, 0) is 90.9 Å². The van der Waals surface area contributed by atoms with E-state index in [4.69, 9.17) is 10.8 Å². The molecule has 5 N–H and O–H groups in total. The highest BCUT2D eigenvalue weighted by Gasteiger charge is 2.31. The number of carboxylic acid groups (broad SMARTS) is 1. The molecule has 0 aromatic heterocycles. The number of carbonyl (C=O) groups is 2. The molecule has 4 rings (SSSR count). The molecule has 1 aliphatic carbocycles. The second kappa shape index (κ2) is 15.1. The predicted octanol–water partition coefficient (Wildman–Crippen LogP) is 6.14. The summed E-state index contributed by atoms with van der Waals surface area (Å²) in [6, 6.07) is 20.2. The van der Waals surface area contributed by atoms with Gasteiger partial charge in [0.15, 0.2) is 0 Å². The summed E-state index contributed by atoms with van der Waals surface area (Å²) in [6.45, 7) is 0.267. The van der Waals surface area contributed by atoms with Gasteiger partial charge < -0.3 is 31.1 Å². The third kappa shape index (κ3) is 9.60. The fourth-order valence-corrected chi connectivity index (χ4v) is 4.72. The average Bonchev–Trinajstić information content (AvgIpc) is 3.00. The summed E-state index contributed by atoms with van der Waals surface area (Å²) in [6.07, 6.45) is 1.71. The lowest BCUT2D eigenvalue weighted by atomic mass is 9.93. The minimum absolute atomic E-state index is 0.0183. The Balaban J connectivity index is 1.59. The monoisotopic (exact) mass is 609 g/mol. The van der Waals surface area contributed by atoms with E-state index in [2.05, 4.69) is 26.4 Å². The first-order valence-corrected chi connectivity index (χ1v) is 14.1. The lowest BCUT2D eigenvalue weighted by Crippen LogP contribution is -2.37. The van der Waals surface area contributed by atoms with Gasteiger partial charge in [0, 0.05) is 23.5 Å². The standard InChI is InChI=1S/C32H34F3N5O4/c33-32(34,35)44-28-16-12-26(13-17-28)39-31(38-21-36)40(27-14-10-24(11-15-27)23-4-2-1-3-5-23)20-22-6-8-25(9-7-22)30(43)37-19-18-29(41)42/h4,6-17H,1-3,5,18-21,36H2,(H,37,43)(H,38,39)(H,41,42). The molecule has 1 amide bonds. The van der Waals surface area contributed by atoms with Gasteiger partial charge in [-0.3, -0.25) is 9.59 Å². The minimum atomic E-state index is -4.80. The van der Waals surface area contributed by atoms with E-state index in [9.17, 15) is 22.8 Å². The zero-order chi connectivity index (χ0) is 31.5. The van der Waals surface area contributed by atoms with Gasteiger partial charge in [0.05, 0.1) is 19.6 Å². The number of rotatable bonds is 11. The SMILES string of the molecule is NC/N=C(/Nc1ccc(OC(F)(F)F)cc1)N(Cc1ccc(C(=O)NCCC(=O)O)cc1)c1ccc(C2=CCCCC2)cc1. The van der Waals surface area contributed by atoms with Gasteiger partial charge in [0.2, 0.25) is 5.96 Å². The van der Waals surface area contributed by atoms with Crippen molar-refractivity contribution >= 4 is 34.8 Å². The Morgan fingerprint density at radius 1 is 0.977 bits per heavy atom. The number of aliphatic carboxylic acids is 1. The number of aliphatic imine (C=N–C) groups is 1. The molecule has 3 aromatic rings. The first-order chi connectivity index (χ1) is 21.1. The Bertz CT molecular complexity index is 1470. The summed E-state index contributed by atoms with van der Waals surface area (Å²) in [5.41, 5.74) is 10.7. The van der Waals surface area contributed by atoms with E-state index >= 15 is 0 Å². The van der Waals surface area contributed by atoms with Crippen LogP contribution in [-0.4, -0.2) is 42.5 Å². The number of nitrogens with two attached hydrogens (primary N) is 1. The van der Waals surface area contributed by atoms with Crippen molar-refractivity contribution in [1.29, 1.82) is 0 Å². The number of ether oxygens (including phenoxy) is 1.